The van der Waals surface area contributed by atoms with Crippen LogP contribution in [0.3, 0.4) is 0 Å². The normalized spacial score (nSPS) is 11.7. The van der Waals surface area contributed by atoms with Crippen molar-refractivity contribution in [3.05, 3.63) is 34.2 Å². The minimum Gasteiger partial charge on any atom is -0.389 e. The van der Waals surface area contributed by atoms with Crippen LogP contribution in [0.15, 0.2) is 23.1 Å². The minimum atomic E-state index is -0.851. The maximum absolute atomic E-state index is 11.4. The second-order valence-electron chi connectivity index (χ2n) is 4.17. The summed E-state index contributed by atoms with van der Waals surface area (Å²) in [7, 11) is 0. The SMILES string of the molecule is CCc1ccc(=O)n(CC(C)(C)O)c1. The zero-order chi connectivity index (χ0) is 10.8. The lowest BCUT2D eigenvalue weighted by Crippen LogP contribution is -2.32. The summed E-state index contributed by atoms with van der Waals surface area (Å²) in [6.45, 7) is 5.75. The monoisotopic (exact) mass is 195 g/mol. The third-order valence-corrected chi connectivity index (χ3v) is 2.01. The Morgan fingerprint density at radius 3 is 2.57 bits per heavy atom. The summed E-state index contributed by atoms with van der Waals surface area (Å²) in [6.07, 6.45) is 2.70. The molecular weight excluding hydrogens is 178 g/mol. The first-order valence-electron chi connectivity index (χ1n) is 4.84. The third kappa shape index (κ3) is 3.00. The molecule has 1 heterocycles. The Labute approximate surface area is 84.0 Å². The molecule has 0 aromatic carbocycles. The molecule has 1 rings (SSSR count). The van der Waals surface area contributed by atoms with Crippen LogP contribution in [0, 0.1) is 0 Å². The van der Waals surface area contributed by atoms with Crippen molar-refractivity contribution >= 4 is 0 Å². The van der Waals surface area contributed by atoms with Gasteiger partial charge in [0.2, 0.25) is 0 Å². The number of aryl methyl sites for hydroxylation is 1. The van der Waals surface area contributed by atoms with Crippen molar-refractivity contribution in [1.82, 2.24) is 4.57 Å². The summed E-state index contributed by atoms with van der Waals surface area (Å²) in [5, 5.41) is 9.60. The minimum absolute atomic E-state index is 0.0654. The number of hydrogen-bond donors (Lipinski definition) is 1. The van der Waals surface area contributed by atoms with Crippen LogP contribution in [0.4, 0.5) is 0 Å². The van der Waals surface area contributed by atoms with Crippen molar-refractivity contribution in [3.63, 3.8) is 0 Å². The van der Waals surface area contributed by atoms with Crippen LogP contribution in [-0.2, 0) is 13.0 Å². The van der Waals surface area contributed by atoms with Gasteiger partial charge < -0.3 is 9.67 Å². The van der Waals surface area contributed by atoms with Gasteiger partial charge in [-0.1, -0.05) is 13.0 Å². The summed E-state index contributed by atoms with van der Waals surface area (Å²) in [4.78, 5) is 11.4. The molecule has 1 N–H and O–H groups in total. The number of pyridine rings is 1. The highest BCUT2D eigenvalue weighted by atomic mass is 16.3. The first-order chi connectivity index (χ1) is 6.42. The summed E-state index contributed by atoms with van der Waals surface area (Å²) in [5.74, 6) is 0. The zero-order valence-corrected chi connectivity index (χ0v) is 8.95. The third-order valence-electron chi connectivity index (χ3n) is 2.01. The van der Waals surface area contributed by atoms with Crippen LogP contribution in [0.2, 0.25) is 0 Å². The van der Waals surface area contributed by atoms with Crippen LogP contribution < -0.4 is 5.56 Å². The van der Waals surface area contributed by atoms with Crippen molar-refractivity contribution < 1.29 is 5.11 Å². The Bertz CT molecular complexity index is 360. The van der Waals surface area contributed by atoms with Crippen molar-refractivity contribution in [2.45, 2.75) is 39.3 Å². The molecule has 0 unspecified atom stereocenters. The van der Waals surface area contributed by atoms with E-state index in [4.69, 9.17) is 0 Å². The predicted octanol–water partition coefficient (Wildman–Crippen LogP) is 1.18. The smallest absolute Gasteiger partial charge is 0.250 e. The number of aromatic nitrogens is 1. The first-order valence-corrected chi connectivity index (χ1v) is 4.84. The van der Waals surface area contributed by atoms with Gasteiger partial charge in [0.25, 0.3) is 5.56 Å². The Balaban J connectivity index is 3.01. The highest BCUT2D eigenvalue weighted by Crippen LogP contribution is 2.05. The van der Waals surface area contributed by atoms with Gasteiger partial charge in [0.1, 0.15) is 0 Å². The summed E-state index contributed by atoms with van der Waals surface area (Å²) < 4.78 is 1.55. The lowest BCUT2D eigenvalue weighted by molar-refractivity contribution is 0.0604. The van der Waals surface area contributed by atoms with Gasteiger partial charge in [-0.15, -0.1) is 0 Å². The van der Waals surface area contributed by atoms with Crippen molar-refractivity contribution in [2.24, 2.45) is 0 Å². The van der Waals surface area contributed by atoms with Gasteiger partial charge in [0.15, 0.2) is 0 Å². The molecule has 78 valence electrons. The van der Waals surface area contributed by atoms with Gasteiger partial charge in [0, 0.05) is 12.3 Å². The molecule has 0 atom stereocenters. The van der Waals surface area contributed by atoms with Crippen LogP contribution in [-0.4, -0.2) is 15.3 Å². The molecule has 14 heavy (non-hydrogen) atoms. The Hall–Kier alpha value is -1.09. The molecule has 1 aromatic heterocycles. The number of hydrogen-bond acceptors (Lipinski definition) is 2. The van der Waals surface area contributed by atoms with E-state index in [0.29, 0.717) is 6.54 Å². The van der Waals surface area contributed by atoms with Gasteiger partial charge in [-0.2, -0.15) is 0 Å². The second kappa shape index (κ2) is 3.96. The lowest BCUT2D eigenvalue weighted by atomic mass is 10.1. The second-order valence-corrected chi connectivity index (χ2v) is 4.17. The molecule has 0 radical (unpaired) electrons. The fourth-order valence-corrected chi connectivity index (χ4v) is 1.33. The Morgan fingerprint density at radius 1 is 1.43 bits per heavy atom. The van der Waals surface area contributed by atoms with E-state index in [1.807, 2.05) is 13.0 Å². The Morgan fingerprint density at radius 2 is 2.07 bits per heavy atom. The van der Waals surface area contributed by atoms with Gasteiger partial charge in [-0.05, 0) is 25.8 Å². The molecule has 3 heteroatoms. The summed E-state index contributed by atoms with van der Waals surface area (Å²) in [6, 6.07) is 3.37. The highest BCUT2D eigenvalue weighted by Gasteiger charge is 2.13. The Kier molecular flexibility index (Phi) is 3.11. The molecule has 0 saturated heterocycles. The van der Waals surface area contributed by atoms with Crippen molar-refractivity contribution in [2.75, 3.05) is 0 Å². The molecule has 3 nitrogen and oxygen atoms in total. The highest BCUT2D eigenvalue weighted by molar-refractivity contribution is 5.09. The van der Waals surface area contributed by atoms with Gasteiger partial charge in [-0.25, -0.2) is 0 Å². The van der Waals surface area contributed by atoms with E-state index >= 15 is 0 Å². The molecule has 0 fully saturated rings. The molecule has 0 aliphatic heterocycles. The molecule has 1 aromatic rings. The van der Waals surface area contributed by atoms with E-state index in [9.17, 15) is 9.90 Å². The van der Waals surface area contributed by atoms with E-state index in [-0.39, 0.29) is 5.56 Å². The number of aliphatic hydroxyl groups is 1. The van der Waals surface area contributed by atoms with Crippen molar-refractivity contribution in [3.8, 4) is 0 Å². The van der Waals surface area contributed by atoms with Crippen LogP contribution in [0.25, 0.3) is 0 Å². The molecule has 0 bridgehead atoms. The maximum atomic E-state index is 11.4. The topological polar surface area (TPSA) is 42.2 Å². The summed E-state index contributed by atoms with van der Waals surface area (Å²) in [5.41, 5.74) is 0.189. The quantitative estimate of drug-likeness (QED) is 0.787. The van der Waals surface area contributed by atoms with Crippen molar-refractivity contribution in [1.29, 1.82) is 0 Å². The fourth-order valence-electron chi connectivity index (χ4n) is 1.33. The van der Waals surface area contributed by atoms with Crippen LogP contribution in [0.1, 0.15) is 26.3 Å². The first kappa shape index (κ1) is 11.0. The van der Waals surface area contributed by atoms with E-state index < -0.39 is 5.60 Å². The predicted molar refractivity (Wildman–Crippen MR) is 56.4 cm³/mol. The average Bonchev–Trinajstić information content (AvgIpc) is 2.06. The summed E-state index contributed by atoms with van der Waals surface area (Å²) >= 11 is 0. The van der Waals surface area contributed by atoms with Gasteiger partial charge >= 0.3 is 0 Å². The largest absolute Gasteiger partial charge is 0.389 e. The molecule has 0 aliphatic carbocycles. The number of rotatable bonds is 3. The molecule has 0 amide bonds. The molecule has 0 spiro atoms. The average molecular weight is 195 g/mol. The van der Waals surface area contributed by atoms with E-state index in [1.165, 1.54) is 0 Å². The number of nitrogens with zero attached hydrogens (tertiary/aromatic N) is 1. The van der Waals surface area contributed by atoms with E-state index in [0.717, 1.165) is 12.0 Å². The van der Waals surface area contributed by atoms with E-state index in [1.54, 1.807) is 30.7 Å². The zero-order valence-electron chi connectivity index (χ0n) is 8.95. The molecular formula is C11H17NO2. The van der Waals surface area contributed by atoms with Gasteiger partial charge in [-0.3, -0.25) is 4.79 Å². The fraction of sp³-hybridized carbons (Fsp3) is 0.545. The lowest BCUT2D eigenvalue weighted by Gasteiger charge is -2.18. The maximum Gasteiger partial charge on any atom is 0.250 e. The standard InChI is InChI=1S/C11H17NO2/c1-4-9-5-6-10(13)12(7-9)8-11(2,3)14/h5-7,14H,4,8H2,1-3H3. The van der Waals surface area contributed by atoms with Gasteiger partial charge in [0.05, 0.1) is 12.1 Å². The van der Waals surface area contributed by atoms with Crippen LogP contribution >= 0.6 is 0 Å². The van der Waals surface area contributed by atoms with Crippen LogP contribution in [0.5, 0.6) is 0 Å². The molecule has 0 saturated carbocycles. The molecule has 0 aliphatic rings. The van der Waals surface area contributed by atoms with E-state index in [2.05, 4.69) is 0 Å².